The second-order valence-corrected chi connectivity index (χ2v) is 12.2. The van der Waals surface area contributed by atoms with Crippen molar-refractivity contribution in [3.8, 4) is 0 Å². The van der Waals surface area contributed by atoms with E-state index in [1.54, 1.807) is 0 Å². The number of fused-ring (bicyclic) bond motifs is 2. The summed E-state index contributed by atoms with van der Waals surface area (Å²) in [5.74, 6) is 1.31. The van der Waals surface area contributed by atoms with Gasteiger partial charge in [-0.05, 0) is 84.5 Å². The summed E-state index contributed by atoms with van der Waals surface area (Å²) in [6, 6.07) is 10.9. The normalized spacial score (nSPS) is 33.0. The topological polar surface area (TPSA) is 55.1 Å². The lowest BCUT2D eigenvalue weighted by molar-refractivity contribution is -0.110. The highest BCUT2D eigenvalue weighted by atomic mass is 19.3. The molecule has 0 spiro atoms. The molecule has 6 atom stereocenters. The van der Waals surface area contributed by atoms with Crippen molar-refractivity contribution in [2.75, 3.05) is 6.54 Å². The van der Waals surface area contributed by atoms with E-state index < -0.39 is 6.43 Å². The van der Waals surface area contributed by atoms with Gasteiger partial charge in [-0.1, -0.05) is 58.0 Å². The van der Waals surface area contributed by atoms with Crippen LogP contribution in [0, 0.1) is 28.6 Å². The molecule has 3 N–H and O–H groups in total. The van der Waals surface area contributed by atoms with Crippen LogP contribution in [0.5, 0.6) is 0 Å². The van der Waals surface area contributed by atoms with Crippen LogP contribution in [0.25, 0.3) is 0 Å². The maximum atomic E-state index is 13.1. The molecule has 186 valence electrons. The van der Waals surface area contributed by atoms with Gasteiger partial charge in [-0.25, -0.2) is 8.78 Å². The number of hydrogen-bond acceptors (Lipinski definition) is 2. The van der Waals surface area contributed by atoms with Gasteiger partial charge in [0.05, 0.1) is 0 Å². The Bertz CT molecular complexity index is 766. The van der Waals surface area contributed by atoms with E-state index in [1.807, 2.05) is 0 Å². The maximum absolute atomic E-state index is 13.1. The highest BCUT2D eigenvalue weighted by Crippen LogP contribution is 2.61. The second-order valence-electron chi connectivity index (χ2n) is 12.2. The Balaban J connectivity index is 1.82. The highest BCUT2D eigenvalue weighted by Gasteiger charge is 2.53. The summed E-state index contributed by atoms with van der Waals surface area (Å²) in [4.78, 5) is 10.8. The quantitative estimate of drug-likeness (QED) is 0.379. The number of alkyl halides is 2. The molecule has 0 heterocycles. The van der Waals surface area contributed by atoms with Gasteiger partial charge in [0, 0.05) is 19.0 Å². The van der Waals surface area contributed by atoms with Gasteiger partial charge in [0.25, 0.3) is 0 Å². The summed E-state index contributed by atoms with van der Waals surface area (Å²) in [5.41, 5.74) is 8.12. The van der Waals surface area contributed by atoms with Gasteiger partial charge < -0.3 is 11.1 Å². The Morgan fingerprint density at radius 1 is 1.18 bits per heavy atom. The van der Waals surface area contributed by atoms with Crippen LogP contribution in [0.4, 0.5) is 8.78 Å². The zero-order chi connectivity index (χ0) is 24.3. The number of benzene rings is 1. The lowest BCUT2D eigenvalue weighted by Crippen LogP contribution is -2.51. The van der Waals surface area contributed by atoms with Gasteiger partial charge >= 0.3 is 0 Å². The summed E-state index contributed by atoms with van der Waals surface area (Å²) in [7, 11) is 0. The summed E-state index contributed by atoms with van der Waals surface area (Å²) in [5, 5.41) is 2.79. The molecular weight excluding hydrogens is 418 g/mol. The number of amides is 1. The van der Waals surface area contributed by atoms with Crippen LogP contribution in [0.15, 0.2) is 30.3 Å². The van der Waals surface area contributed by atoms with Crippen LogP contribution in [0.1, 0.15) is 84.6 Å². The molecule has 2 saturated carbocycles. The van der Waals surface area contributed by atoms with Crippen molar-refractivity contribution in [3.05, 3.63) is 35.9 Å². The third-order valence-corrected chi connectivity index (χ3v) is 9.03. The SMILES string of the molecule is CC1CC2(c3ccccc3)CC(CC(C)(CCC(N)C(C)(C)CNC=O)C2)C1CCC(F)F. The summed E-state index contributed by atoms with van der Waals surface area (Å²) >= 11 is 0. The van der Waals surface area contributed by atoms with Crippen LogP contribution >= 0.6 is 0 Å². The molecule has 1 amide bonds. The highest BCUT2D eigenvalue weighted by molar-refractivity contribution is 5.46. The predicted octanol–water partition coefficient (Wildman–Crippen LogP) is 6.31. The Hall–Kier alpha value is -1.49. The molecule has 2 aliphatic carbocycles. The molecule has 3 rings (SSSR count). The third-order valence-electron chi connectivity index (χ3n) is 9.03. The Kier molecular flexibility index (Phi) is 8.24. The van der Waals surface area contributed by atoms with E-state index in [0.717, 1.165) is 44.9 Å². The number of nitrogens with two attached hydrogens (primary N) is 1. The molecule has 0 radical (unpaired) electrons. The van der Waals surface area contributed by atoms with Gasteiger partial charge in [0.15, 0.2) is 0 Å². The van der Waals surface area contributed by atoms with Crippen LogP contribution in [-0.4, -0.2) is 25.4 Å². The first kappa shape index (κ1) is 26.1. The van der Waals surface area contributed by atoms with Crippen molar-refractivity contribution >= 4 is 6.41 Å². The Morgan fingerprint density at radius 3 is 2.52 bits per heavy atom. The lowest BCUT2D eigenvalue weighted by atomic mass is 9.47. The van der Waals surface area contributed by atoms with Gasteiger partial charge in [-0.15, -0.1) is 0 Å². The van der Waals surface area contributed by atoms with Gasteiger partial charge in [-0.2, -0.15) is 0 Å². The van der Waals surface area contributed by atoms with Gasteiger partial charge in [-0.3, -0.25) is 4.79 Å². The number of rotatable bonds is 11. The van der Waals surface area contributed by atoms with E-state index in [9.17, 15) is 13.6 Å². The average molecular weight is 463 g/mol. The maximum Gasteiger partial charge on any atom is 0.238 e. The third kappa shape index (κ3) is 6.15. The molecule has 2 aliphatic rings. The van der Waals surface area contributed by atoms with Gasteiger partial charge in [0.2, 0.25) is 12.8 Å². The monoisotopic (exact) mass is 462 g/mol. The first-order valence-electron chi connectivity index (χ1n) is 12.8. The minimum Gasteiger partial charge on any atom is -0.358 e. The average Bonchev–Trinajstić information content (AvgIpc) is 2.75. The molecule has 0 aliphatic heterocycles. The lowest BCUT2D eigenvalue weighted by Gasteiger charge is -2.58. The Labute approximate surface area is 199 Å². The zero-order valence-corrected chi connectivity index (χ0v) is 21.0. The summed E-state index contributed by atoms with van der Waals surface area (Å²) in [6.07, 6.45) is 5.53. The van der Waals surface area contributed by atoms with E-state index in [4.69, 9.17) is 5.73 Å². The number of hydrogen-bond donors (Lipinski definition) is 2. The van der Waals surface area contributed by atoms with Crippen molar-refractivity contribution in [1.29, 1.82) is 0 Å². The number of carbonyl (C=O) groups is 1. The fourth-order valence-corrected chi connectivity index (χ4v) is 7.35. The molecule has 2 bridgehead atoms. The van der Waals surface area contributed by atoms with Crippen molar-refractivity contribution in [1.82, 2.24) is 5.32 Å². The van der Waals surface area contributed by atoms with Crippen LogP contribution in [-0.2, 0) is 10.2 Å². The molecule has 33 heavy (non-hydrogen) atoms. The molecule has 3 nitrogen and oxygen atoms in total. The predicted molar refractivity (Wildman–Crippen MR) is 131 cm³/mol. The van der Waals surface area contributed by atoms with Crippen LogP contribution in [0.3, 0.4) is 0 Å². The molecule has 0 saturated heterocycles. The largest absolute Gasteiger partial charge is 0.358 e. The summed E-state index contributed by atoms with van der Waals surface area (Å²) < 4.78 is 26.2. The first-order valence-corrected chi connectivity index (χ1v) is 12.8. The molecule has 0 aromatic heterocycles. The molecular formula is C28H44F2N2O. The standard InChI is InChI=1S/C28H44F2N2O/c1-20-14-28(22-8-6-5-7-9-22)16-21(23(20)10-11-25(29)30)15-27(4,17-28)13-12-24(31)26(2,3)18-32-19-33/h5-9,19-21,23-25H,10-18,31H2,1-4H3,(H,32,33). The van der Waals surface area contributed by atoms with E-state index in [2.05, 4.69) is 63.3 Å². The summed E-state index contributed by atoms with van der Waals surface area (Å²) in [6.45, 7) is 9.49. The first-order chi connectivity index (χ1) is 15.5. The van der Waals surface area contributed by atoms with Crippen molar-refractivity contribution in [3.63, 3.8) is 0 Å². The molecule has 6 unspecified atom stereocenters. The van der Waals surface area contributed by atoms with E-state index in [1.165, 1.54) is 5.56 Å². The second kappa shape index (κ2) is 10.4. The number of carbonyl (C=O) groups excluding carboxylic acids is 1. The minimum absolute atomic E-state index is 0.00947. The van der Waals surface area contributed by atoms with Crippen molar-refractivity contribution in [2.24, 2.45) is 34.3 Å². The molecule has 1 aromatic carbocycles. The molecule has 1 aromatic rings. The van der Waals surface area contributed by atoms with E-state index in [-0.39, 0.29) is 28.7 Å². The van der Waals surface area contributed by atoms with Crippen molar-refractivity contribution < 1.29 is 13.6 Å². The molecule has 2 fully saturated rings. The Morgan fingerprint density at radius 2 is 1.88 bits per heavy atom. The molecule has 5 heteroatoms. The fourth-order valence-electron chi connectivity index (χ4n) is 7.35. The van der Waals surface area contributed by atoms with Crippen LogP contribution in [0.2, 0.25) is 0 Å². The van der Waals surface area contributed by atoms with E-state index in [0.29, 0.717) is 30.7 Å². The number of nitrogens with one attached hydrogen (secondary N) is 1. The smallest absolute Gasteiger partial charge is 0.238 e. The van der Waals surface area contributed by atoms with Crippen molar-refractivity contribution in [2.45, 2.75) is 96.9 Å². The zero-order valence-electron chi connectivity index (χ0n) is 21.0. The van der Waals surface area contributed by atoms with Gasteiger partial charge in [0.1, 0.15) is 0 Å². The van der Waals surface area contributed by atoms with Crippen LogP contribution < -0.4 is 11.1 Å². The number of halogens is 2. The van der Waals surface area contributed by atoms with E-state index >= 15 is 0 Å². The fraction of sp³-hybridized carbons (Fsp3) is 0.750. The minimum atomic E-state index is -2.21.